The second-order valence-corrected chi connectivity index (χ2v) is 15.6. The number of benzene rings is 2. The summed E-state index contributed by atoms with van der Waals surface area (Å²) in [7, 11) is 1.37. The van der Waals surface area contributed by atoms with Crippen molar-refractivity contribution in [1.82, 2.24) is 24.8 Å². The summed E-state index contributed by atoms with van der Waals surface area (Å²) >= 11 is 0. The van der Waals surface area contributed by atoms with Gasteiger partial charge >= 0.3 is 0 Å². The van der Waals surface area contributed by atoms with Gasteiger partial charge in [-0.3, -0.25) is 4.90 Å². The molecule has 3 N–H and O–H groups in total. The molecule has 5 heterocycles. The highest BCUT2D eigenvalue weighted by Gasteiger charge is 2.37. The molecule has 0 amide bonds. The van der Waals surface area contributed by atoms with Crippen molar-refractivity contribution in [2.45, 2.75) is 24.9 Å². The SMILES string of the molecule is COc1cc2c(cc1Nc1nc(Nc3ccccc3P(C)(C)=O)c3cc[nH]c3n1)OC[C@@H]1C[C@@H](N3CCN(C)CC3)CCN21. The number of para-hydroxylation sites is 1. The van der Waals surface area contributed by atoms with Crippen LogP contribution in [0.4, 0.5) is 28.8 Å². The van der Waals surface area contributed by atoms with E-state index in [-0.39, 0.29) is 0 Å². The molecule has 0 saturated carbocycles. The first-order chi connectivity index (χ1) is 21.3. The Bertz CT molecular complexity index is 1710. The molecule has 232 valence electrons. The molecule has 2 saturated heterocycles. The molecule has 2 aromatic heterocycles. The molecule has 12 heteroatoms. The predicted octanol–water partition coefficient (Wildman–Crippen LogP) is 4.68. The highest BCUT2D eigenvalue weighted by atomic mass is 31.2. The molecule has 0 radical (unpaired) electrons. The maximum atomic E-state index is 13.0. The van der Waals surface area contributed by atoms with Gasteiger partial charge in [0.1, 0.15) is 36.7 Å². The van der Waals surface area contributed by atoms with Gasteiger partial charge in [-0.2, -0.15) is 9.97 Å². The number of likely N-dealkylation sites (N-methyl/N-ethyl adjacent to an activating group) is 1. The van der Waals surface area contributed by atoms with Gasteiger partial charge in [-0.15, -0.1) is 0 Å². The summed E-state index contributed by atoms with van der Waals surface area (Å²) in [6.07, 6.45) is 4.09. The average Bonchev–Trinajstić information content (AvgIpc) is 3.50. The van der Waals surface area contributed by atoms with E-state index in [0.717, 1.165) is 79.1 Å². The molecular formula is C32H41N8O3P. The first kappa shape index (κ1) is 29.0. The number of fused-ring (bicyclic) bond motifs is 4. The monoisotopic (exact) mass is 616 g/mol. The Kier molecular flexibility index (Phi) is 7.64. The van der Waals surface area contributed by atoms with Crippen LogP contribution in [0.15, 0.2) is 48.7 Å². The number of H-pyrrole nitrogens is 1. The van der Waals surface area contributed by atoms with Crippen molar-refractivity contribution < 1.29 is 14.0 Å². The fourth-order valence-corrected chi connectivity index (χ4v) is 7.91. The topological polar surface area (TPSA) is 111 Å². The van der Waals surface area contributed by atoms with E-state index >= 15 is 0 Å². The Balaban J connectivity index is 1.14. The number of anilines is 5. The molecular weight excluding hydrogens is 575 g/mol. The number of nitrogens with zero attached hydrogens (tertiary/aromatic N) is 5. The minimum Gasteiger partial charge on any atom is -0.494 e. The van der Waals surface area contributed by atoms with Crippen molar-refractivity contribution >= 4 is 52.3 Å². The maximum absolute atomic E-state index is 13.0. The number of methoxy groups -OCH3 is 1. The summed E-state index contributed by atoms with van der Waals surface area (Å²) in [6.45, 7) is 9.78. The number of rotatable bonds is 7. The molecule has 2 atom stereocenters. The second-order valence-electron chi connectivity index (χ2n) is 12.4. The molecule has 2 fully saturated rings. The quantitative estimate of drug-likeness (QED) is 0.253. The van der Waals surface area contributed by atoms with E-state index in [1.54, 1.807) is 20.4 Å². The highest BCUT2D eigenvalue weighted by Crippen LogP contribution is 2.45. The van der Waals surface area contributed by atoms with Gasteiger partial charge in [0, 0.05) is 62.4 Å². The number of hydrogen-bond acceptors (Lipinski definition) is 10. The number of hydrogen-bond donors (Lipinski definition) is 3. The molecule has 11 nitrogen and oxygen atoms in total. The Hall–Kier alpha value is -3.79. The molecule has 0 spiro atoms. The smallest absolute Gasteiger partial charge is 0.231 e. The van der Waals surface area contributed by atoms with Crippen molar-refractivity contribution in [3.63, 3.8) is 0 Å². The van der Waals surface area contributed by atoms with E-state index in [0.29, 0.717) is 41.9 Å². The number of nitrogens with one attached hydrogen (secondary N) is 3. The third kappa shape index (κ3) is 5.60. The summed E-state index contributed by atoms with van der Waals surface area (Å²) in [5, 5.41) is 8.41. The summed E-state index contributed by atoms with van der Waals surface area (Å²) in [5.41, 5.74) is 3.24. The molecule has 4 aromatic rings. The van der Waals surface area contributed by atoms with Crippen LogP contribution in [0, 0.1) is 0 Å². The van der Waals surface area contributed by atoms with Gasteiger partial charge in [0.15, 0.2) is 0 Å². The fraction of sp³-hybridized carbons (Fsp3) is 0.438. The van der Waals surface area contributed by atoms with Crippen LogP contribution in [-0.2, 0) is 4.57 Å². The van der Waals surface area contributed by atoms with E-state index < -0.39 is 7.14 Å². The van der Waals surface area contributed by atoms with E-state index in [1.165, 1.54) is 0 Å². The first-order valence-electron chi connectivity index (χ1n) is 15.3. The number of aromatic amines is 1. The van der Waals surface area contributed by atoms with Crippen LogP contribution < -0.4 is 30.3 Å². The van der Waals surface area contributed by atoms with Gasteiger partial charge in [0.25, 0.3) is 0 Å². The summed E-state index contributed by atoms with van der Waals surface area (Å²) in [5.74, 6) is 2.54. The van der Waals surface area contributed by atoms with Gasteiger partial charge < -0.3 is 39.5 Å². The summed E-state index contributed by atoms with van der Waals surface area (Å²) in [4.78, 5) is 20.4. The van der Waals surface area contributed by atoms with Gasteiger partial charge in [0.05, 0.1) is 35.6 Å². The lowest BCUT2D eigenvalue weighted by Crippen LogP contribution is -2.57. The third-order valence-corrected chi connectivity index (χ3v) is 10.7. The van der Waals surface area contributed by atoms with Crippen LogP contribution >= 0.6 is 7.14 Å². The van der Waals surface area contributed by atoms with E-state index in [4.69, 9.17) is 19.4 Å². The highest BCUT2D eigenvalue weighted by molar-refractivity contribution is 7.70. The number of piperazine rings is 1. The van der Waals surface area contributed by atoms with Crippen LogP contribution in [0.2, 0.25) is 0 Å². The second kappa shape index (κ2) is 11.6. The maximum Gasteiger partial charge on any atom is 0.231 e. The molecule has 0 unspecified atom stereocenters. The Labute approximate surface area is 258 Å². The molecule has 7 rings (SSSR count). The zero-order chi connectivity index (χ0) is 30.4. The van der Waals surface area contributed by atoms with Crippen molar-refractivity contribution in [2.75, 3.05) is 82.4 Å². The third-order valence-electron chi connectivity index (χ3n) is 9.16. The number of aromatic nitrogens is 3. The van der Waals surface area contributed by atoms with Crippen LogP contribution in [0.3, 0.4) is 0 Å². The minimum atomic E-state index is -2.52. The van der Waals surface area contributed by atoms with E-state index in [9.17, 15) is 4.57 Å². The largest absolute Gasteiger partial charge is 0.494 e. The van der Waals surface area contributed by atoms with Crippen LogP contribution in [0.25, 0.3) is 11.0 Å². The Morgan fingerprint density at radius 3 is 2.61 bits per heavy atom. The van der Waals surface area contributed by atoms with E-state index in [2.05, 4.69) is 43.4 Å². The summed E-state index contributed by atoms with van der Waals surface area (Å²) in [6, 6.07) is 14.6. The van der Waals surface area contributed by atoms with Gasteiger partial charge in [0.2, 0.25) is 5.95 Å². The summed E-state index contributed by atoms with van der Waals surface area (Å²) < 4.78 is 25.3. The predicted molar refractivity (Wildman–Crippen MR) is 178 cm³/mol. The van der Waals surface area contributed by atoms with Crippen LogP contribution in [-0.4, -0.2) is 104 Å². The van der Waals surface area contributed by atoms with Crippen LogP contribution in [0.5, 0.6) is 11.5 Å². The van der Waals surface area contributed by atoms with Crippen molar-refractivity contribution in [2.24, 2.45) is 0 Å². The Morgan fingerprint density at radius 1 is 1.00 bits per heavy atom. The van der Waals surface area contributed by atoms with Gasteiger partial charge in [-0.1, -0.05) is 12.1 Å². The van der Waals surface area contributed by atoms with E-state index in [1.807, 2.05) is 42.6 Å². The van der Waals surface area contributed by atoms with Crippen LogP contribution in [0.1, 0.15) is 12.8 Å². The lowest BCUT2D eigenvalue weighted by Gasteiger charge is -2.48. The lowest BCUT2D eigenvalue weighted by molar-refractivity contribution is 0.0822. The minimum absolute atomic E-state index is 0.348. The van der Waals surface area contributed by atoms with Crippen molar-refractivity contribution in [3.8, 4) is 11.5 Å². The molecule has 3 aliphatic heterocycles. The van der Waals surface area contributed by atoms with Gasteiger partial charge in [-0.25, -0.2) is 0 Å². The molecule has 0 aliphatic carbocycles. The zero-order valence-corrected chi connectivity index (χ0v) is 26.7. The molecule has 44 heavy (non-hydrogen) atoms. The number of piperidine rings is 1. The van der Waals surface area contributed by atoms with Crippen molar-refractivity contribution in [3.05, 3.63) is 48.7 Å². The van der Waals surface area contributed by atoms with Gasteiger partial charge in [-0.05, 0) is 51.4 Å². The zero-order valence-electron chi connectivity index (χ0n) is 25.8. The molecule has 3 aliphatic rings. The number of ether oxygens (including phenoxy) is 2. The fourth-order valence-electron chi connectivity index (χ4n) is 6.75. The first-order valence-corrected chi connectivity index (χ1v) is 17.9. The molecule has 0 bridgehead atoms. The lowest BCUT2D eigenvalue weighted by atomic mass is 9.93. The van der Waals surface area contributed by atoms with Crippen molar-refractivity contribution in [1.29, 1.82) is 0 Å². The average molecular weight is 617 g/mol. The Morgan fingerprint density at radius 2 is 1.82 bits per heavy atom. The normalized spacial score (nSPS) is 21.0. The standard InChI is InChI=1S/C32H41N8O3P/c1-38-13-15-39(16-14-38)21-10-12-40-22(17-21)20-43-28-18-25(27(42-2)19-26(28)40)35-32-36-30-23(9-11-33-30)31(37-32)34-24-7-5-6-8-29(24)44(3,4)41/h5-9,11,18-19,21-22H,10,12-17,20H2,1-4H3,(H3,33,34,35,36,37)/t21-,22-/m0/s1. The molecule has 2 aromatic carbocycles.